The lowest BCUT2D eigenvalue weighted by atomic mass is 10.1. The van der Waals surface area contributed by atoms with Crippen molar-refractivity contribution in [3.05, 3.63) is 34.2 Å². The van der Waals surface area contributed by atoms with Crippen LogP contribution in [0.25, 0.3) is 11.0 Å². The Bertz CT molecular complexity index is 687. The van der Waals surface area contributed by atoms with E-state index < -0.39 is 18.0 Å². The summed E-state index contributed by atoms with van der Waals surface area (Å²) < 4.78 is 39.5. The molecule has 7 heteroatoms. The Kier molecular flexibility index (Phi) is 3.86. The zero-order chi connectivity index (χ0) is 15.1. The van der Waals surface area contributed by atoms with Gasteiger partial charge in [0.05, 0.1) is 16.4 Å². The number of aryl methyl sites for hydroxylation is 2. The lowest BCUT2D eigenvalue weighted by molar-refractivity contribution is -0.135. The molecule has 1 atom stereocenters. The van der Waals surface area contributed by atoms with Crippen LogP contribution in [0.1, 0.15) is 23.8 Å². The predicted molar refractivity (Wildman–Crippen MR) is 72.0 cm³/mol. The highest BCUT2D eigenvalue weighted by Crippen LogP contribution is 2.32. The van der Waals surface area contributed by atoms with Crippen LogP contribution >= 0.6 is 11.6 Å². The van der Waals surface area contributed by atoms with Crippen molar-refractivity contribution in [1.82, 2.24) is 9.13 Å². The van der Waals surface area contributed by atoms with Gasteiger partial charge >= 0.3 is 11.9 Å². The molecule has 0 saturated heterocycles. The van der Waals surface area contributed by atoms with Gasteiger partial charge in [0.2, 0.25) is 0 Å². The summed E-state index contributed by atoms with van der Waals surface area (Å²) in [5.74, 6) is 0. The normalized spacial score (nSPS) is 13.9. The van der Waals surface area contributed by atoms with Gasteiger partial charge in [0, 0.05) is 20.5 Å². The second-order valence-electron chi connectivity index (χ2n) is 4.77. The summed E-state index contributed by atoms with van der Waals surface area (Å²) in [6.45, 7) is 0. The first-order valence-electron chi connectivity index (χ1n) is 6.07. The van der Waals surface area contributed by atoms with E-state index in [1.54, 1.807) is 32.3 Å². The molecule has 0 radical (unpaired) electrons. The number of hydrogen-bond acceptors (Lipinski definition) is 1. The summed E-state index contributed by atoms with van der Waals surface area (Å²) in [5, 5.41) is -0.726. The van der Waals surface area contributed by atoms with E-state index in [1.165, 1.54) is 9.13 Å². The van der Waals surface area contributed by atoms with Gasteiger partial charge in [-0.1, -0.05) is 6.07 Å². The number of hydrogen-bond donors (Lipinski definition) is 0. The molecule has 3 nitrogen and oxygen atoms in total. The second-order valence-corrected chi connectivity index (χ2v) is 5.30. The van der Waals surface area contributed by atoms with Gasteiger partial charge in [-0.25, -0.2) is 4.79 Å². The molecule has 20 heavy (non-hydrogen) atoms. The first-order chi connectivity index (χ1) is 9.20. The molecule has 0 spiro atoms. The predicted octanol–water partition coefficient (Wildman–Crippen LogP) is 3.50. The maximum Gasteiger partial charge on any atom is 0.389 e. The molecule has 1 heterocycles. The number of rotatable bonds is 3. The lowest BCUT2D eigenvalue weighted by Gasteiger charge is -2.12. The molecular weight excluding hydrogens is 293 g/mol. The summed E-state index contributed by atoms with van der Waals surface area (Å²) in [4.78, 5) is 11.8. The molecule has 0 aliphatic heterocycles. The van der Waals surface area contributed by atoms with E-state index in [0.717, 1.165) is 5.52 Å². The van der Waals surface area contributed by atoms with Gasteiger partial charge in [-0.2, -0.15) is 13.2 Å². The largest absolute Gasteiger partial charge is 0.389 e. The number of imidazole rings is 1. The molecule has 1 unspecified atom stereocenters. The first-order valence-corrected chi connectivity index (χ1v) is 6.50. The molecule has 0 aliphatic carbocycles. The molecule has 2 rings (SSSR count). The van der Waals surface area contributed by atoms with Crippen molar-refractivity contribution in [2.75, 3.05) is 0 Å². The van der Waals surface area contributed by atoms with Gasteiger partial charge in [0.1, 0.15) is 0 Å². The summed E-state index contributed by atoms with van der Waals surface area (Å²) in [7, 11) is 3.26. The Morgan fingerprint density at radius 1 is 1.20 bits per heavy atom. The number of halogens is 4. The number of alkyl halides is 4. The fourth-order valence-electron chi connectivity index (χ4n) is 2.18. The Labute approximate surface area is 118 Å². The van der Waals surface area contributed by atoms with E-state index in [0.29, 0.717) is 11.1 Å². The number of benzene rings is 1. The van der Waals surface area contributed by atoms with Crippen LogP contribution < -0.4 is 5.69 Å². The highest BCUT2D eigenvalue weighted by molar-refractivity contribution is 6.20. The van der Waals surface area contributed by atoms with Crippen LogP contribution in [-0.2, 0) is 14.1 Å². The van der Waals surface area contributed by atoms with E-state index in [4.69, 9.17) is 11.6 Å². The van der Waals surface area contributed by atoms with Crippen LogP contribution in [-0.4, -0.2) is 15.3 Å². The van der Waals surface area contributed by atoms with Gasteiger partial charge in [-0.3, -0.25) is 9.13 Å². The number of aromatic nitrogens is 2. The quantitative estimate of drug-likeness (QED) is 0.797. The molecule has 2 aromatic rings. The van der Waals surface area contributed by atoms with Gasteiger partial charge < -0.3 is 0 Å². The first kappa shape index (κ1) is 15.0. The molecule has 0 fully saturated rings. The van der Waals surface area contributed by atoms with E-state index in [1.807, 2.05) is 0 Å². The summed E-state index contributed by atoms with van der Waals surface area (Å²) in [5.41, 5.74) is 1.79. The zero-order valence-corrected chi connectivity index (χ0v) is 11.8. The third kappa shape index (κ3) is 2.85. The smallest absolute Gasteiger partial charge is 0.295 e. The van der Waals surface area contributed by atoms with Crippen LogP contribution in [0.4, 0.5) is 13.2 Å². The Morgan fingerprint density at radius 2 is 1.80 bits per heavy atom. The van der Waals surface area contributed by atoms with Gasteiger partial charge in [0.15, 0.2) is 0 Å². The maximum atomic E-state index is 12.2. The zero-order valence-electron chi connectivity index (χ0n) is 11.0. The van der Waals surface area contributed by atoms with Crippen molar-refractivity contribution in [3.63, 3.8) is 0 Å². The molecule has 110 valence electrons. The highest BCUT2D eigenvalue weighted by atomic mass is 35.5. The third-order valence-electron chi connectivity index (χ3n) is 3.34. The van der Waals surface area contributed by atoms with Crippen LogP contribution in [0, 0.1) is 0 Å². The van der Waals surface area contributed by atoms with Crippen molar-refractivity contribution >= 4 is 22.6 Å². The monoisotopic (exact) mass is 306 g/mol. The molecule has 1 aromatic heterocycles. The van der Waals surface area contributed by atoms with Crippen molar-refractivity contribution in [2.24, 2.45) is 14.1 Å². The average Bonchev–Trinajstić information content (AvgIpc) is 2.60. The lowest BCUT2D eigenvalue weighted by Crippen LogP contribution is -2.19. The Balaban J connectivity index is 2.32. The second kappa shape index (κ2) is 5.16. The van der Waals surface area contributed by atoms with Crippen molar-refractivity contribution in [2.45, 2.75) is 24.4 Å². The van der Waals surface area contributed by atoms with Crippen molar-refractivity contribution in [1.29, 1.82) is 0 Å². The van der Waals surface area contributed by atoms with Crippen LogP contribution in [0.15, 0.2) is 23.0 Å². The molecular formula is C13H14ClF3N2O. The summed E-state index contributed by atoms with van der Waals surface area (Å²) in [6, 6.07) is 5.04. The number of fused-ring (bicyclic) bond motifs is 1. The maximum absolute atomic E-state index is 12.2. The van der Waals surface area contributed by atoms with Gasteiger partial charge in [0.25, 0.3) is 0 Å². The molecule has 0 aliphatic rings. The van der Waals surface area contributed by atoms with Crippen LogP contribution in [0.3, 0.4) is 0 Å². The van der Waals surface area contributed by atoms with Crippen molar-refractivity contribution < 1.29 is 13.2 Å². The minimum atomic E-state index is -4.21. The third-order valence-corrected chi connectivity index (χ3v) is 3.81. The van der Waals surface area contributed by atoms with Gasteiger partial charge in [-0.15, -0.1) is 11.6 Å². The molecule has 0 saturated carbocycles. The Hall–Kier alpha value is -1.43. The summed E-state index contributed by atoms with van der Waals surface area (Å²) >= 11 is 6.02. The minimum absolute atomic E-state index is 0.182. The highest BCUT2D eigenvalue weighted by Gasteiger charge is 2.28. The molecule has 0 N–H and O–H groups in total. The number of nitrogens with zero attached hydrogens (tertiary/aromatic N) is 2. The van der Waals surface area contributed by atoms with E-state index >= 15 is 0 Å². The fraction of sp³-hybridized carbons (Fsp3) is 0.462. The van der Waals surface area contributed by atoms with Gasteiger partial charge in [-0.05, 0) is 24.1 Å². The topological polar surface area (TPSA) is 26.9 Å². The van der Waals surface area contributed by atoms with E-state index in [-0.39, 0.29) is 12.1 Å². The molecule has 1 aromatic carbocycles. The average molecular weight is 307 g/mol. The van der Waals surface area contributed by atoms with E-state index in [2.05, 4.69) is 0 Å². The van der Waals surface area contributed by atoms with E-state index in [9.17, 15) is 18.0 Å². The van der Waals surface area contributed by atoms with Crippen LogP contribution in [0.2, 0.25) is 0 Å². The van der Waals surface area contributed by atoms with Crippen LogP contribution in [0.5, 0.6) is 0 Å². The Morgan fingerprint density at radius 3 is 2.40 bits per heavy atom. The standard InChI is InChI=1S/C13H14ClF3N2O/c1-18-10-4-3-8(7-11(10)19(2)12(18)20)9(14)5-6-13(15,16)17/h3-4,7,9H,5-6H2,1-2H3. The molecule has 0 amide bonds. The SMILES string of the molecule is Cn1c(=O)n(C)c2cc(C(Cl)CCC(F)(F)F)ccc21. The van der Waals surface area contributed by atoms with Crippen molar-refractivity contribution in [3.8, 4) is 0 Å². The minimum Gasteiger partial charge on any atom is -0.295 e. The molecule has 0 bridgehead atoms. The summed E-state index contributed by atoms with van der Waals surface area (Å²) in [6.07, 6.45) is -5.32. The fourth-order valence-corrected chi connectivity index (χ4v) is 2.42.